The average Bonchev–Trinajstić information content (AvgIpc) is 2.92. The van der Waals surface area contributed by atoms with Crippen LogP contribution in [0.15, 0.2) is 30.9 Å². The molecule has 0 amide bonds. The van der Waals surface area contributed by atoms with Gasteiger partial charge in [-0.2, -0.15) is 0 Å². The van der Waals surface area contributed by atoms with Gasteiger partial charge >= 0.3 is 0 Å². The Bertz CT molecular complexity index is 662. The fraction of sp³-hybridized carbons (Fsp3) is 0.571. The number of unbranched alkanes of at least 4 members (excludes halogenated alkanes) is 3. The summed E-state index contributed by atoms with van der Waals surface area (Å²) in [5.74, 6) is 0. The predicted molar refractivity (Wildman–Crippen MR) is 108 cm³/mol. The van der Waals surface area contributed by atoms with Crippen LogP contribution in [-0.4, -0.2) is 19.5 Å². The van der Waals surface area contributed by atoms with Crippen molar-refractivity contribution in [2.75, 3.05) is 6.61 Å². The first-order chi connectivity index (χ1) is 11.8. The topological polar surface area (TPSA) is 18.0 Å². The minimum absolute atomic E-state index is 0.936. The maximum atomic E-state index is 5.91. The molecular formula is C21H35N2OSi+. The van der Waals surface area contributed by atoms with E-state index in [1.54, 1.807) is 0 Å². The summed E-state index contributed by atoms with van der Waals surface area (Å²) in [5, 5.41) is 0. The van der Waals surface area contributed by atoms with Crippen molar-refractivity contribution >= 4 is 8.32 Å². The summed E-state index contributed by atoms with van der Waals surface area (Å²) >= 11 is 0. The van der Waals surface area contributed by atoms with Crippen molar-refractivity contribution in [1.29, 1.82) is 0 Å². The molecule has 0 saturated carbocycles. The highest BCUT2D eigenvalue weighted by molar-refractivity contribution is 6.69. The quantitative estimate of drug-likeness (QED) is 0.346. The van der Waals surface area contributed by atoms with Gasteiger partial charge in [0.15, 0.2) is 8.32 Å². The first kappa shape index (κ1) is 19.9. The highest BCUT2D eigenvalue weighted by Gasteiger charge is 2.14. The summed E-state index contributed by atoms with van der Waals surface area (Å²) in [6, 6.07) is 4.52. The molecule has 0 bridgehead atoms. The summed E-state index contributed by atoms with van der Waals surface area (Å²) < 4.78 is 10.5. The zero-order valence-corrected chi connectivity index (χ0v) is 17.9. The second-order valence-corrected chi connectivity index (χ2v) is 12.7. The highest BCUT2D eigenvalue weighted by atomic mass is 28.4. The van der Waals surface area contributed by atoms with E-state index >= 15 is 0 Å². The normalized spacial score (nSPS) is 11.9. The third-order valence-electron chi connectivity index (χ3n) is 4.43. The van der Waals surface area contributed by atoms with Crippen LogP contribution in [0, 0.1) is 20.8 Å². The van der Waals surface area contributed by atoms with Gasteiger partial charge < -0.3 is 4.43 Å². The molecule has 0 spiro atoms. The predicted octanol–water partition coefficient (Wildman–Crippen LogP) is 5.10. The van der Waals surface area contributed by atoms with Gasteiger partial charge in [-0.25, -0.2) is 9.13 Å². The fourth-order valence-corrected chi connectivity index (χ4v) is 4.12. The Hall–Kier alpha value is -1.39. The first-order valence-electron chi connectivity index (χ1n) is 9.55. The number of hydrogen-bond donors (Lipinski definition) is 0. The zero-order valence-electron chi connectivity index (χ0n) is 16.9. The molecule has 4 heteroatoms. The maximum absolute atomic E-state index is 5.91. The van der Waals surface area contributed by atoms with Crippen LogP contribution < -0.4 is 4.57 Å². The Morgan fingerprint density at radius 1 is 0.960 bits per heavy atom. The Balaban J connectivity index is 1.79. The summed E-state index contributed by atoms with van der Waals surface area (Å²) in [6.07, 6.45) is 11.5. The number of aryl methyl sites for hydroxylation is 4. The molecule has 25 heavy (non-hydrogen) atoms. The van der Waals surface area contributed by atoms with Crippen molar-refractivity contribution in [2.24, 2.45) is 0 Å². The molecule has 0 fully saturated rings. The standard InChI is InChI=1S/C21H35N2OSi/c1-18-15-19(2)21(20(3)16-18)23-13-12-22(17-23)11-9-7-8-10-14-24-25(4,5)6/h12-13,15-17H,7-11,14H2,1-6H3/q+1. The van der Waals surface area contributed by atoms with Gasteiger partial charge in [0.25, 0.3) is 0 Å². The van der Waals surface area contributed by atoms with Crippen LogP contribution in [-0.2, 0) is 11.0 Å². The number of rotatable bonds is 9. The minimum atomic E-state index is -1.33. The SMILES string of the molecule is Cc1cc(C)c(-n2cc[n+](CCCCCCO[Si](C)(C)C)c2)c(C)c1. The van der Waals surface area contributed by atoms with Crippen LogP contribution in [0.2, 0.25) is 19.6 Å². The van der Waals surface area contributed by atoms with Gasteiger partial charge in [0, 0.05) is 6.61 Å². The molecule has 1 heterocycles. The second-order valence-electron chi connectivity index (χ2n) is 8.18. The summed E-state index contributed by atoms with van der Waals surface area (Å²) in [4.78, 5) is 0. The molecule has 0 atom stereocenters. The van der Waals surface area contributed by atoms with Gasteiger partial charge in [-0.1, -0.05) is 24.1 Å². The van der Waals surface area contributed by atoms with E-state index in [4.69, 9.17) is 4.43 Å². The van der Waals surface area contributed by atoms with Crippen molar-refractivity contribution in [1.82, 2.24) is 4.57 Å². The molecule has 138 valence electrons. The van der Waals surface area contributed by atoms with Gasteiger partial charge in [0.1, 0.15) is 18.1 Å². The van der Waals surface area contributed by atoms with E-state index in [0.717, 1.165) is 13.2 Å². The molecule has 1 aromatic heterocycles. The molecule has 0 aliphatic rings. The molecule has 0 unspecified atom stereocenters. The lowest BCUT2D eigenvalue weighted by Crippen LogP contribution is -2.30. The lowest BCUT2D eigenvalue weighted by Gasteiger charge is -2.16. The van der Waals surface area contributed by atoms with E-state index in [0.29, 0.717) is 0 Å². The molecular weight excluding hydrogens is 324 g/mol. The van der Waals surface area contributed by atoms with Crippen LogP contribution in [0.25, 0.3) is 5.69 Å². The third-order valence-corrected chi connectivity index (χ3v) is 5.50. The van der Waals surface area contributed by atoms with Gasteiger partial charge in [-0.15, -0.1) is 0 Å². The second kappa shape index (κ2) is 8.81. The summed E-state index contributed by atoms with van der Waals surface area (Å²) in [7, 11) is -1.33. The number of benzene rings is 1. The van der Waals surface area contributed by atoms with Crippen LogP contribution in [0.4, 0.5) is 0 Å². The van der Waals surface area contributed by atoms with Gasteiger partial charge in [0.2, 0.25) is 6.33 Å². The lowest BCUT2D eigenvalue weighted by molar-refractivity contribution is -0.696. The molecule has 0 aliphatic heterocycles. The Morgan fingerprint density at radius 2 is 1.60 bits per heavy atom. The Morgan fingerprint density at radius 3 is 2.24 bits per heavy atom. The summed E-state index contributed by atoms with van der Waals surface area (Å²) in [6.45, 7) is 15.3. The number of hydrogen-bond acceptors (Lipinski definition) is 1. The molecule has 3 nitrogen and oxygen atoms in total. The van der Waals surface area contributed by atoms with Crippen molar-refractivity contribution in [2.45, 2.75) is 72.6 Å². The zero-order chi connectivity index (χ0) is 18.4. The van der Waals surface area contributed by atoms with E-state index < -0.39 is 8.32 Å². The van der Waals surface area contributed by atoms with Crippen molar-refractivity contribution in [3.05, 3.63) is 47.5 Å². The largest absolute Gasteiger partial charge is 0.418 e. The number of imidazole rings is 1. The van der Waals surface area contributed by atoms with Crippen molar-refractivity contribution < 1.29 is 8.99 Å². The Labute approximate surface area is 154 Å². The molecule has 2 rings (SSSR count). The van der Waals surface area contributed by atoms with Gasteiger partial charge in [-0.05, 0) is 70.8 Å². The van der Waals surface area contributed by atoms with Crippen LogP contribution in [0.5, 0.6) is 0 Å². The third kappa shape index (κ3) is 6.44. The van der Waals surface area contributed by atoms with E-state index in [2.05, 4.69) is 80.4 Å². The van der Waals surface area contributed by atoms with Crippen molar-refractivity contribution in [3.63, 3.8) is 0 Å². The maximum Gasteiger partial charge on any atom is 0.248 e. The molecule has 0 radical (unpaired) electrons. The van der Waals surface area contributed by atoms with E-state index in [1.807, 2.05) is 0 Å². The van der Waals surface area contributed by atoms with Crippen molar-refractivity contribution in [3.8, 4) is 5.69 Å². The first-order valence-corrected chi connectivity index (χ1v) is 13.0. The molecule has 1 aromatic carbocycles. The van der Waals surface area contributed by atoms with E-state index in [1.165, 1.54) is 48.1 Å². The molecule has 0 aliphatic carbocycles. The van der Waals surface area contributed by atoms with E-state index in [-0.39, 0.29) is 0 Å². The van der Waals surface area contributed by atoms with Crippen LogP contribution in [0.1, 0.15) is 42.4 Å². The highest BCUT2D eigenvalue weighted by Crippen LogP contribution is 2.20. The monoisotopic (exact) mass is 359 g/mol. The molecule has 0 saturated heterocycles. The lowest BCUT2D eigenvalue weighted by atomic mass is 10.1. The van der Waals surface area contributed by atoms with Gasteiger partial charge in [0.05, 0.1) is 6.54 Å². The number of aromatic nitrogens is 2. The van der Waals surface area contributed by atoms with Crippen LogP contribution >= 0.6 is 0 Å². The average molecular weight is 360 g/mol. The summed E-state index contributed by atoms with van der Waals surface area (Å²) in [5.41, 5.74) is 5.31. The number of nitrogens with zero attached hydrogens (tertiary/aromatic N) is 2. The smallest absolute Gasteiger partial charge is 0.248 e. The molecule has 2 aromatic rings. The van der Waals surface area contributed by atoms with Gasteiger partial charge in [-0.3, -0.25) is 0 Å². The van der Waals surface area contributed by atoms with Crippen LogP contribution in [0.3, 0.4) is 0 Å². The fourth-order valence-electron chi connectivity index (χ4n) is 3.37. The molecule has 0 N–H and O–H groups in total. The minimum Gasteiger partial charge on any atom is -0.418 e. The Kier molecular flexibility index (Phi) is 7.02. The van der Waals surface area contributed by atoms with E-state index in [9.17, 15) is 0 Å².